The number of hydrogen-bond donors (Lipinski definition) is 1. The highest BCUT2D eigenvalue weighted by molar-refractivity contribution is 7.89. The summed E-state index contributed by atoms with van der Waals surface area (Å²) in [5.74, 6) is 0. The number of piperidine rings is 1. The number of aryl methyl sites for hydroxylation is 1. The summed E-state index contributed by atoms with van der Waals surface area (Å²) in [6.07, 6.45) is 1.90. The first-order valence-electron chi connectivity index (χ1n) is 7.36. The molecule has 1 aliphatic heterocycles. The van der Waals surface area contributed by atoms with E-state index in [1.54, 1.807) is 19.9 Å². The molecule has 1 aromatic rings. The number of hydrogen-bond acceptors (Lipinski definition) is 4. The molecule has 0 aliphatic carbocycles. The normalized spacial score (nSPS) is 18.0. The minimum absolute atomic E-state index is 0.0312. The molecule has 1 N–H and O–H groups in total. The number of benzene rings is 1. The van der Waals surface area contributed by atoms with Gasteiger partial charge in [0.15, 0.2) is 0 Å². The molecule has 136 valence electrons. The van der Waals surface area contributed by atoms with Crippen LogP contribution < -0.4 is 4.72 Å². The molecule has 1 fully saturated rings. The average molecular weight is 415 g/mol. The lowest BCUT2D eigenvalue weighted by molar-refractivity contribution is 0.308. The molecule has 1 aromatic carbocycles. The van der Waals surface area contributed by atoms with Crippen molar-refractivity contribution in [1.29, 1.82) is 0 Å². The molecule has 0 unspecified atom stereocenters. The quantitative estimate of drug-likeness (QED) is 0.818. The second-order valence-electron chi connectivity index (χ2n) is 6.01. The first kappa shape index (κ1) is 19.9. The Morgan fingerprint density at radius 2 is 1.67 bits per heavy atom. The highest BCUT2D eigenvalue weighted by atomic mass is 35.5. The maximum absolute atomic E-state index is 13.0. The van der Waals surface area contributed by atoms with Gasteiger partial charge in [0.2, 0.25) is 20.0 Å². The van der Waals surface area contributed by atoms with Crippen LogP contribution in [0.4, 0.5) is 0 Å². The summed E-state index contributed by atoms with van der Waals surface area (Å²) in [5.41, 5.74) is 1.02. The summed E-state index contributed by atoms with van der Waals surface area (Å²) in [7, 11) is -7.11. The van der Waals surface area contributed by atoms with Gasteiger partial charge in [0.25, 0.3) is 0 Å². The minimum Gasteiger partial charge on any atom is -0.213 e. The zero-order chi connectivity index (χ0) is 18.3. The van der Waals surface area contributed by atoms with Crippen molar-refractivity contribution >= 4 is 43.2 Å². The Balaban J connectivity index is 2.28. The van der Waals surface area contributed by atoms with E-state index in [1.807, 2.05) is 0 Å². The van der Waals surface area contributed by atoms with Crippen LogP contribution in [0.25, 0.3) is 0 Å². The van der Waals surface area contributed by atoms with Crippen LogP contribution in [0, 0.1) is 13.8 Å². The Kier molecular flexibility index (Phi) is 5.89. The summed E-state index contributed by atoms with van der Waals surface area (Å²) in [4.78, 5) is 0.0312. The molecule has 0 aromatic heterocycles. The number of nitrogens with one attached hydrogen (secondary N) is 1. The molecule has 0 bridgehead atoms. The third-order valence-electron chi connectivity index (χ3n) is 4.02. The molecule has 6 nitrogen and oxygen atoms in total. The number of halogens is 2. The van der Waals surface area contributed by atoms with Crippen LogP contribution in [-0.4, -0.2) is 46.5 Å². The molecule has 1 heterocycles. The standard InChI is InChI=1S/C14H20Cl2N2O4S2/c1-9-8-12(15)10(2)14(13(9)16)24(21,22)18-6-4-11(5-7-18)17-23(3,19)20/h8,11,17H,4-7H2,1-3H3. The zero-order valence-corrected chi connectivity index (χ0v) is 16.8. The summed E-state index contributed by atoms with van der Waals surface area (Å²) in [6, 6.07) is 1.38. The van der Waals surface area contributed by atoms with Gasteiger partial charge in [-0.2, -0.15) is 4.31 Å². The Morgan fingerprint density at radius 3 is 2.17 bits per heavy atom. The van der Waals surface area contributed by atoms with Crippen LogP contribution in [0.15, 0.2) is 11.0 Å². The summed E-state index contributed by atoms with van der Waals surface area (Å²) < 4.78 is 52.4. The van der Waals surface area contributed by atoms with Gasteiger partial charge in [-0.1, -0.05) is 23.2 Å². The van der Waals surface area contributed by atoms with E-state index in [4.69, 9.17) is 23.2 Å². The van der Waals surface area contributed by atoms with Crippen molar-refractivity contribution < 1.29 is 16.8 Å². The Morgan fingerprint density at radius 1 is 1.12 bits per heavy atom. The summed E-state index contributed by atoms with van der Waals surface area (Å²) in [6.45, 7) is 3.77. The van der Waals surface area contributed by atoms with E-state index < -0.39 is 20.0 Å². The predicted molar refractivity (Wildman–Crippen MR) is 95.7 cm³/mol. The maximum atomic E-state index is 13.0. The molecule has 10 heteroatoms. The van der Waals surface area contributed by atoms with Crippen LogP contribution in [0.2, 0.25) is 10.0 Å². The lowest BCUT2D eigenvalue weighted by Gasteiger charge is -2.32. The van der Waals surface area contributed by atoms with Gasteiger partial charge in [0.1, 0.15) is 4.90 Å². The Bertz CT molecular complexity index is 820. The fourth-order valence-corrected chi connectivity index (χ4v) is 6.24. The number of rotatable bonds is 4. The van der Waals surface area contributed by atoms with Gasteiger partial charge in [-0.15, -0.1) is 0 Å². The molecule has 0 spiro atoms. The summed E-state index contributed by atoms with van der Waals surface area (Å²) in [5, 5.41) is 0.525. The second-order valence-corrected chi connectivity index (χ2v) is 10.5. The van der Waals surface area contributed by atoms with Crippen molar-refractivity contribution in [3.05, 3.63) is 27.2 Å². The van der Waals surface area contributed by atoms with Crippen LogP contribution >= 0.6 is 23.2 Å². The van der Waals surface area contributed by atoms with E-state index in [0.717, 1.165) is 6.26 Å². The van der Waals surface area contributed by atoms with E-state index in [9.17, 15) is 16.8 Å². The molecule has 1 aliphatic rings. The highest BCUT2D eigenvalue weighted by Gasteiger charge is 2.33. The van der Waals surface area contributed by atoms with Crippen LogP contribution in [0.1, 0.15) is 24.0 Å². The van der Waals surface area contributed by atoms with Crippen LogP contribution in [0.5, 0.6) is 0 Å². The largest absolute Gasteiger partial charge is 0.244 e. The SMILES string of the molecule is Cc1cc(Cl)c(C)c(S(=O)(=O)N2CCC(NS(C)(=O)=O)CC2)c1Cl. The molecular weight excluding hydrogens is 395 g/mol. The maximum Gasteiger partial charge on any atom is 0.244 e. The summed E-state index contributed by atoms with van der Waals surface area (Å²) >= 11 is 12.3. The van der Waals surface area contributed by atoms with Crippen molar-refractivity contribution in [3.8, 4) is 0 Å². The fourth-order valence-electron chi connectivity index (χ4n) is 2.77. The molecule has 2 rings (SSSR count). The van der Waals surface area contributed by atoms with Gasteiger partial charge in [0.05, 0.1) is 11.3 Å². The van der Waals surface area contributed by atoms with Crippen molar-refractivity contribution in [2.45, 2.75) is 37.6 Å². The first-order valence-corrected chi connectivity index (χ1v) is 11.4. The van der Waals surface area contributed by atoms with E-state index in [1.165, 1.54) is 4.31 Å². The van der Waals surface area contributed by atoms with Crippen molar-refractivity contribution in [2.24, 2.45) is 0 Å². The van der Waals surface area contributed by atoms with Gasteiger partial charge >= 0.3 is 0 Å². The molecule has 0 saturated carbocycles. The van der Waals surface area contributed by atoms with Gasteiger partial charge in [-0.05, 0) is 43.9 Å². The lowest BCUT2D eigenvalue weighted by Crippen LogP contribution is -2.46. The highest BCUT2D eigenvalue weighted by Crippen LogP contribution is 2.35. The van der Waals surface area contributed by atoms with Crippen molar-refractivity contribution in [2.75, 3.05) is 19.3 Å². The topological polar surface area (TPSA) is 83.6 Å². The van der Waals surface area contributed by atoms with E-state index >= 15 is 0 Å². The minimum atomic E-state index is -3.80. The van der Waals surface area contributed by atoms with E-state index in [0.29, 0.717) is 29.0 Å². The Hall–Kier alpha value is -0.380. The lowest BCUT2D eigenvalue weighted by atomic mass is 10.1. The molecule has 1 saturated heterocycles. The van der Waals surface area contributed by atoms with Gasteiger partial charge < -0.3 is 0 Å². The average Bonchev–Trinajstić information content (AvgIpc) is 2.44. The van der Waals surface area contributed by atoms with Crippen molar-refractivity contribution in [1.82, 2.24) is 9.03 Å². The van der Waals surface area contributed by atoms with E-state index in [-0.39, 0.29) is 29.0 Å². The third-order valence-corrected chi connectivity index (χ3v) is 7.84. The molecule has 0 atom stereocenters. The van der Waals surface area contributed by atoms with Crippen molar-refractivity contribution in [3.63, 3.8) is 0 Å². The van der Waals surface area contributed by atoms with Gasteiger partial charge in [-0.25, -0.2) is 21.6 Å². The number of sulfonamides is 2. The second kappa shape index (κ2) is 7.09. The smallest absolute Gasteiger partial charge is 0.213 e. The molecular formula is C14H20Cl2N2O4S2. The van der Waals surface area contributed by atoms with Gasteiger partial charge in [0, 0.05) is 24.2 Å². The van der Waals surface area contributed by atoms with E-state index in [2.05, 4.69) is 4.72 Å². The molecule has 0 amide bonds. The molecule has 24 heavy (non-hydrogen) atoms. The fraction of sp³-hybridized carbons (Fsp3) is 0.571. The predicted octanol–water partition coefficient (Wildman–Crippen LogP) is 2.31. The van der Waals surface area contributed by atoms with Crippen LogP contribution in [0.3, 0.4) is 0 Å². The third kappa shape index (κ3) is 4.23. The first-order chi connectivity index (χ1) is 10.9. The Labute approximate surface area is 153 Å². The number of nitrogens with zero attached hydrogens (tertiary/aromatic N) is 1. The van der Waals surface area contributed by atoms with Gasteiger partial charge in [-0.3, -0.25) is 0 Å². The molecule has 0 radical (unpaired) electrons. The zero-order valence-electron chi connectivity index (χ0n) is 13.6. The van der Waals surface area contributed by atoms with Crippen LogP contribution in [-0.2, 0) is 20.0 Å². The monoisotopic (exact) mass is 414 g/mol.